The minimum absolute atomic E-state index is 0.602. The van der Waals surface area contributed by atoms with E-state index in [1.54, 1.807) is 0 Å². The molecule has 4 aliphatic rings. The van der Waals surface area contributed by atoms with Gasteiger partial charge in [0.05, 0.1) is 22.2 Å². The van der Waals surface area contributed by atoms with Gasteiger partial charge in [0.25, 0.3) is 0 Å². The van der Waals surface area contributed by atoms with E-state index < -0.39 is 10.8 Å². The molecular formula is C74H47NO2. The van der Waals surface area contributed by atoms with Gasteiger partial charge in [-0.2, -0.15) is 0 Å². The molecule has 12 aromatic rings. The Morgan fingerprint density at radius 1 is 0.221 bits per heavy atom. The lowest BCUT2D eigenvalue weighted by Gasteiger charge is -2.39. The average molecular weight is 982 g/mol. The summed E-state index contributed by atoms with van der Waals surface area (Å²) in [5.74, 6) is 3.53. The first-order valence-electron chi connectivity index (χ1n) is 26.6. The lowest BCUT2D eigenvalue weighted by atomic mass is 9.66. The van der Waals surface area contributed by atoms with Gasteiger partial charge in [-0.15, -0.1) is 0 Å². The molecule has 0 unspecified atom stereocenters. The number of benzene rings is 12. The van der Waals surface area contributed by atoms with Crippen LogP contribution in [0.15, 0.2) is 285 Å². The van der Waals surface area contributed by atoms with Gasteiger partial charge in [-0.3, -0.25) is 0 Å². The van der Waals surface area contributed by atoms with E-state index in [1.165, 1.54) is 44.5 Å². The number of fused-ring (bicyclic) bond motifs is 18. The van der Waals surface area contributed by atoms with Crippen molar-refractivity contribution in [1.29, 1.82) is 0 Å². The van der Waals surface area contributed by atoms with Crippen LogP contribution in [0.4, 0.5) is 17.1 Å². The van der Waals surface area contributed by atoms with Gasteiger partial charge >= 0.3 is 0 Å². The van der Waals surface area contributed by atoms with Crippen LogP contribution in [0.3, 0.4) is 0 Å². The van der Waals surface area contributed by atoms with Crippen molar-refractivity contribution >= 4 is 17.1 Å². The van der Waals surface area contributed by atoms with Crippen LogP contribution in [-0.2, 0) is 10.8 Å². The van der Waals surface area contributed by atoms with Crippen molar-refractivity contribution in [2.24, 2.45) is 0 Å². The summed E-state index contributed by atoms with van der Waals surface area (Å²) < 4.78 is 13.5. The van der Waals surface area contributed by atoms with E-state index in [-0.39, 0.29) is 0 Å². The third kappa shape index (κ3) is 6.14. The fourth-order valence-corrected chi connectivity index (χ4v) is 13.7. The van der Waals surface area contributed by atoms with E-state index in [1.807, 2.05) is 0 Å². The second-order valence-corrected chi connectivity index (χ2v) is 20.6. The predicted molar refractivity (Wildman–Crippen MR) is 312 cm³/mol. The molecule has 2 spiro atoms. The summed E-state index contributed by atoms with van der Waals surface area (Å²) in [5.41, 5.74) is 23.4. The molecule has 0 amide bonds. The van der Waals surface area contributed by atoms with Crippen molar-refractivity contribution < 1.29 is 9.47 Å². The molecular weight excluding hydrogens is 935 g/mol. The van der Waals surface area contributed by atoms with Gasteiger partial charge in [-0.25, -0.2) is 0 Å². The second kappa shape index (κ2) is 16.8. The molecule has 3 heteroatoms. The maximum absolute atomic E-state index is 6.74. The van der Waals surface area contributed by atoms with Crippen LogP contribution in [0.2, 0.25) is 0 Å². The Labute approximate surface area is 448 Å². The normalized spacial score (nSPS) is 13.9. The minimum atomic E-state index is -0.602. The largest absolute Gasteiger partial charge is 0.457 e. The summed E-state index contributed by atoms with van der Waals surface area (Å²) >= 11 is 0. The molecule has 0 bridgehead atoms. The highest BCUT2D eigenvalue weighted by molar-refractivity contribution is 5.98. The monoisotopic (exact) mass is 981 g/mol. The minimum Gasteiger partial charge on any atom is -0.457 e. The number of hydrogen-bond donors (Lipinski definition) is 0. The zero-order valence-corrected chi connectivity index (χ0v) is 41.9. The van der Waals surface area contributed by atoms with Gasteiger partial charge in [0.2, 0.25) is 0 Å². The summed E-state index contributed by atoms with van der Waals surface area (Å²) in [6.45, 7) is 0. The van der Waals surface area contributed by atoms with Crippen molar-refractivity contribution in [1.82, 2.24) is 0 Å². The van der Waals surface area contributed by atoms with Crippen molar-refractivity contribution in [3.05, 3.63) is 330 Å². The number of ether oxygens (including phenoxy) is 2. The molecule has 0 atom stereocenters. The Bertz CT molecular complexity index is 4050. The molecule has 77 heavy (non-hydrogen) atoms. The Kier molecular flexibility index (Phi) is 9.47. The van der Waals surface area contributed by atoms with Crippen LogP contribution >= 0.6 is 0 Å². The maximum Gasteiger partial charge on any atom is 0.132 e. The summed E-state index contributed by atoms with van der Waals surface area (Å²) in [6.07, 6.45) is 0. The van der Waals surface area contributed by atoms with Crippen LogP contribution in [0.25, 0.3) is 55.6 Å². The molecule has 360 valence electrons. The zero-order valence-electron chi connectivity index (χ0n) is 41.9. The molecule has 0 N–H and O–H groups in total. The molecule has 12 aromatic carbocycles. The molecule has 0 saturated heterocycles. The highest BCUT2D eigenvalue weighted by Gasteiger charge is 2.52. The highest BCUT2D eigenvalue weighted by atomic mass is 16.5. The van der Waals surface area contributed by atoms with Crippen molar-refractivity contribution in [3.63, 3.8) is 0 Å². The Morgan fingerprint density at radius 2 is 0.571 bits per heavy atom. The van der Waals surface area contributed by atoms with Crippen LogP contribution < -0.4 is 14.4 Å². The fourth-order valence-electron chi connectivity index (χ4n) is 13.7. The number of hydrogen-bond acceptors (Lipinski definition) is 3. The van der Waals surface area contributed by atoms with Gasteiger partial charge in [-0.1, -0.05) is 224 Å². The third-order valence-electron chi connectivity index (χ3n) is 16.8. The van der Waals surface area contributed by atoms with Crippen LogP contribution in [0.5, 0.6) is 23.0 Å². The Balaban J connectivity index is 0.927. The summed E-state index contributed by atoms with van der Waals surface area (Å²) in [4.78, 5) is 2.49. The van der Waals surface area contributed by atoms with Gasteiger partial charge < -0.3 is 14.4 Å². The number of nitrogens with zero attached hydrogens (tertiary/aromatic N) is 1. The maximum atomic E-state index is 6.74. The Hall–Kier alpha value is -9.96. The summed E-state index contributed by atoms with van der Waals surface area (Å²) in [5, 5.41) is 0. The van der Waals surface area contributed by atoms with Crippen molar-refractivity contribution in [2.75, 3.05) is 4.90 Å². The smallest absolute Gasteiger partial charge is 0.132 e. The van der Waals surface area contributed by atoms with E-state index >= 15 is 0 Å². The average Bonchev–Trinajstić information content (AvgIpc) is 3.98. The predicted octanol–water partition coefficient (Wildman–Crippen LogP) is 19.1. The molecule has 0 aromatic heterocycles. The Morgan fingerprint density at radius 3 is 1.03 bits per heavy atom. The first-order valence-corrected chi connectivity index (χ1v) is 26.6. The van der Waals surface area contributed by atoms with E-state index in [2.05, 4.69) is 290 Å². The fraction of sp³-hybridized carbons (Fsp3) is 0.0270. The highest BCUT2D eigenvalue weighted by Crippen LogP contribution is 2.64. The summed E-state index contributed by atoms with van der Waals surface area (Å²) in [7, 11) is 0. The van der Waals surface area contributed by atoms with Crippen molar-refractivity contribution in [2.45, 2.75) is 10.8 Å². The van der Waals surface area contributed by atoms with E-state index in [0.717, 1.165) is 95.7 Å². The zero-order chi connectivity index (χ0) is 50.7. The molecule has 2 heterocycles. The lowest BCUT2D eigenvalue weighted by molar-refractivity contribution is 0.436. The quantitative estimate of drug-likeness (QED) is 0.166. The topological polar surface area (TPSA) is 21.7 Å². The molecule has 2 aliphatic carbocycles. The number of anilines is 3. The van der Waals surface area contributed by atoms with E-state index in [0.29, 0.717) is 0 Å². The number of rotatable bonds is 6. The van der Waals surface area contributed by atoms with Gasteiger partial charge in [-0.05, 0) is 127 Å². The van der Waals surface area contributed by atoms with Crippen LogP contribution in [0, 0.1) is 0 Å². The standard InChI is InChI=1S/C74H47NO2/c1-2-21-48(22-3-1)49-23-20-24-52(45-49)75(67-35-14-6-25-53(67)50-41-43-57-55-27-4-8-29-59(55)73(65(57)46-50)61-31-10-16-37-69(61)76-70-38-17-11-32-62(70)73)68-36-15-7-26-54(68)51-42-44-58-56-28-5-9-30-60(56)74(66(58)47-51)63-33-12-18-39-71(63)77-72-40-19-13-34-64(72)74/h1-47H. The van der Waals surface area contributed by atoms with Crippen LogP contribution in [0.1, 0.15) is 44.5 Å². The SMILES string of the molecule is c1ccc(-c2cccc(N(c3ccccc3-c3ccc4c(c3)C3(c5ccccc5Oc5ccccc53)c3ccccc3-4)c3ccccc3-c3ccc4c(c3)C3(c5ccccc5Oc5ccccc53)c3ccccc3-4)c2)cc1. The number of para-hydroxylation sites is 6. The molecule has 3 nitrogen and oxygen atoms in total. The molecule has 0 saturated carbocycles. The summed E-state index contributed by atoms with van der Waals surface area (Å²) in [6, 6.07) is 104. The molecule has 16 rings (SSSR count). The lowest BCUT2D eigenvalue weighted by Crippen LogP contribution is -2.32. The first-order chi connectivity index (χ1) is 38.2. The third-order valence-corrected chi connectivity index (χ3v) is 16.8. The second-order valence-electron chi connectivity index (χ2n) is 20.6. The van der Waals surface area contributed by atoms with Crippen molar-refractivity contribution in [3.8, 4) is 78.6 Å². The molecule has 0 radical (unpaired) electrons. The van der Waals surface area contributed by atoms with E-state index in [9.17, 15) is 0 Å². The molecule has 2 aliphatic heterocycles. The van der Waals surface area contributed by atoms with Gasteiger partial charge in [0.15, 0.2) is 0 Å². The van der Waals surface area contributed by atoms with Gasteiger partial charge in [0.1, 0.15) is 23.0 Å². The molecule has 0 fully saturated rings. The van der Waals surface area contributed by atoms with E-state index in [4.69, 9.17) is 9.47 Å². The van der Waals surface area contributed by atoms with Crippen LogP contribution in [-0.4, -0.2) is 0 Å². The first kappa shape index (κ1) is 43.4. The van der Waals surface area contributed by atoms with Gasteiger partial charge in [0, 0.05) is 39.1 Å².